The molecule has 180 valence electrons. The maximum atomic E-state index is 13.3. The Balaban J connectivity index is 1.45. The monoisotopic (exact) mass is 483 g/mol. The van der Waals surface area contributed by atoms with Crippen LogP contribution in [-0.4, -0.2) is 29.0 Å². The van der Waals surface area contributed by atoms with Crippen LogP contribution < -0.4 is 15.0 Å². The second-order valence-corrected chi connectivity index (χ2v) is 8.39. The Morgan fingerprint density at radius 1 is 0.972 bits per heavy atom. The minimum atomic E-state index is -0.885. The van der Waals surface area contributed by atoms with Crippen LogP contribution in [0.5, 0.6) is 5.75 Å². The van der Waals surface area contributed by atoms with E-state index < -0.39 is 23.7 Å². The smallest absolute Gasteiger partial charge is 0.335 e. The Bertz CT molecular complexity index is 1520. The number of barbiturate groups is 1. The third-order valence-electron chi connectivity index (χ3n) is 5.90. The van der Waals surface area contributed by atoms with E-state index in [1.807, 2.05) is 66.2 Å². The molecule has 0 unspecified atom stereocenters. The van der Waals surface area contributed by atoms with Crippen molar-refractivity contribution in [3.05, 3.63) is 102 Å². The van der Waals surface area contributed by atoms with E-state index in [-0.39, 0.29) is 11.3 Å². The van der Waals surface area contributed by atoms with E-state index in [2.05, 4.69) is 5.32 Å². The maximum Gasteiger partial charge on any atom is 0.335 e. The number of hydrogen-bond donors (Lipinski definition) is 1. The van der Waals surface area contributed by atoms with Crippen LogP contribution in [0.3, 0.4) is 0 Å². The number of benzene rings is 3. The number of para-hydroxylation sites is 1. The van der Waals surface area contributed by atoms with Crippen molar-refractivity contribution in [1.29, 1.82) is 0 Å². The zero-order valence-corrected chi connectivity index (χ0v) is 19.4. The molecule has 1 N–H and O–H groups in total. The first-order valence-electron chi connectivity index (χ1n) is 11.3. The lowest BCUT2D eigenvalue weighted by atomic mass is 10.1. The zero-order chi connectivity index (χ0) is 25.2. The van der Waals surface area contributed by atoms with Crippen molar-refractivity contribution in [2.45, 2.75) is 13.5 Å². The van der Waals surface area contributed by atoms with Gasteiger partial charge in [0.1, 0.15) is 23.7 Å². The summed E-state index contributed by atoms with van der Waals surface area (Å²) >= 11 is 0. The van der Waals surface area contributed by atoms with Crippen molar-refractivity contribution in [2.24, 2.45) is 0 Å². The van der Waals surface area contributed by atoms with Gasteiger partial charge in [-0.15, -0.1) is 0 Å². The SMILES string of the molecule is Cc1cccc(OCCn2cc(C=C3C(=O)NC(=O)N(c4ccc(F)cc4)C3=O)c3ccccc32)c1. The van der Waals surface area contributed by atoms with Gasteiger partial charge in [-0.05, 0) is 61.0 Å². The lowest BCUT2D eigenvalue weighted by molar-refractivity contribution is -0.122. The molecule has 3 aromatic carbocycles. The summed E-state index contributed by atoms with van der Waals surface area (Å²) in [5.74, 6) is -1.29. The summed E-state index contributed by atoms with van der Waals surface area (Å²) in [5.41, 5.74) is 2.63. The molecule has 1 aromatic heterocycles. The first kappa shape index (κ1) is 23.0. The van der Waals surface area contributed by atoms with Crippen molar-refractivity contribution in [3.63, 3.8) is 0 Å². The molecule has 0 atom stereocenters. The van der Waals surface area contributed by atoms with E-state index >= 15 is 0 Å². The van der Waals surface area contributed by atoms with Crippen LogP contribution in [0, 0.1) is 12.7 Å². The molecule has 4 aromatic rings. The van der Waals surface area contributed by atoms with Crippen LogP contribution >= 0.6 is 0 Å². The van der Waals surface area contributed by atoms with Gasteiger partial charge in [0.15, 0.2) is 0 Å². The first-order chi connectivity index (χ1) is 17.4. The zero-order valence-electron chi connectivity index (χ0n) is 19.4. The molecule has 8 heteroatoms. The number of anilines is 1. The number of hydrogen-bond acceptors (Lipinski definition) is 4. The molecular formula is C28H22FN3O4. The van der Waals surface area contributed by atoms with Gasteiger partial charge in [0.05, 0.1) is 12.2 Å². The largest absolute Gasteiger partial charge is 0.492 e. The molecule has 0 aliphatic carbocycles. The Morgan fingerprint density at radius 3 is 2.53 bits per heavy atom. The number of urea groups is 1. The summed E-state index contributed by atoms with van der Waals surface area (Å²) in [6, 6.07) is 19.4. The fourth-order valence-corrected chi connectivity index (χ4v) is 4.18. The lowest BCUT2D eigenvalue weighted by Crippen LogP contribution is -2.54. The van der Waals surface area contributed by atoms with Crippen molar-refractivity contribution < 1.29 is 23.5 Å². The second-order valence-electron chi connectivity index (χ2n) is 8.39. The molecule has 5 rings (SSSR count). The number of aromatic nitrogens is 1. The molecule has 0 saturated carbocycles. The number of amides is 4. The van der Waals surface area contributed by atoms with Gasteiger partial charge in [-0.25, -0.2) is 14.1 Å². The Labute approximate surface area is 206 Å². The minimum absolute atomic E-state index is 0.160. The van der Waals surface area contributed by atoms with Gasteiger partial charge in [0.2, 0.25) is 0 Å². The molecule has 0 bridgehead atoms. The minimum Gasteiger partial charge on any atom is -0.492 e. The highest BCUT2D eigenvalue weighted by atomic mass is 19.1. The first-order valence-corrected chi connectivity index (χ1v) is 11.3. The number of carbonyl (C=O) groups excluding carboxylic acids is 3. The summed E-state index contributed by atoms with van der Waals surface area (Å²) in [6.45, 7) is 2.96. The highest BCUT2D eigenvalue weighted by Crippen LogP contribution is 2.27. The number of rotatable bonds is 6. The molecule has 2 heterocycles. The average Bonchev–Trinajstić information content (AvgIpc) is 3.20. The third kappa shape index (κ3) is 4.48. The summed E-state index contributed by atoms with van der Waals surface area (Å²) < 4.78 is 21.2. The van der Waals surface area contributed by atoms with E-state index in [0.717, 1.165) is 39.2 Å². The molecule has 1 fully saturated rings. The number of aryl methyl sites for hydroxylation is 1. The molecule has 1 aliphatic rings. The molecule has 1 aliphatic heterocycles. The van der Waals surface area contributed by atoms with Crippen LogP contribution in [0.25, 0.3) is 17.0 Å². The molecule has 0 spiro atoms. The molecule has 1 saturated heterocycles. The fourth-order valence-electron chi connectivity index (χ4n) is 4.18. The summed E-state index contributed by atoms with van der Waals surface area (Å²) in [5, 5.41) is 3.03. The quantitative estimate of drug-likeness (QED) is 0.315. The third-order valence-corrected chi connectivity index (χ3v) is 5.90. The van der Waals surface area contributed by atoms with Gasteiger partial charge in [0, 0.05) is 22.7 Å². The lowest BCUT2D eigenvalue weighted by Gasteiger charge is -2.26. The van der Waals surface area contributed by atoms with Crippen LogP contribution in [-0.2, 0) is 16.1 Å². The predicted octanol–water partition coefficient (Wildman–Crippen LogP) is 4.83. The molecule has 36 heavy (non-hydrogen) atoms. The molecule has 4 amide bonds. The van der Waals surface area contributed by atoms with Gasteiger partial charge < -0.3 is 9.30 Å². The molecular weight excluding hydrogens is 461 g/mol. The van der Waals surface area contributed by atoms with Gasteiger partial charge in [-0.3, -0.25) is 14.9 Å². The van der Waals surface area contributed by atoms with E-state index in [1.165, 1.54) is 18.2 Å². The van der Waals surface area contributed by atoms with Crippen LogP contribution in [0.15, 0.2) is 84.6 Å². The van der Waals surface area contributed by atoms with Gasteiger partial charge >= 0.3 is 6.03 Å². The molecule has 7 nitrogen and oxygen atoms in total. The second kappa shape index (κ2) is 9.50. The van der Waals surface area contributed by atoms with E-state index in [0.29, 0.717) is 18.7 Å². The Hall–Kier alpha value is -4.72. The van der Waals surface area contributed by atoms with Crippen molar-refractivity contribution in [2.75, 3.05) is 11.5 Å². The number of fused-ring (bicyclic) bond motifs is 1. The normalized spacial score (nSPS) is 15.0. The topological polar surface area (TPSA) is 80.6 Å². The summed E-state index contributed by atoms with van der Waals surface area (Å²) in [7, 11) is 0. The number of carbonyl (C=O) groups is 3. The summed E-state index contributed by atoms with van der Waals surface area (Å²) in [4.78, 5) is 39.0. The Morgan fingerprint density at radius 2 is 1.75 bits per heavy atom. The Kier molecular flexibility index (Phi) is 6.08. The van der Waals surface area contributed by atoms with Crippen molar-refractivity contribution in [3.8, 4) is 5.75 Å². The van der Waals surface area contributed by atoms with E-state index in [1.54, 1.807) is 0 Å². The highest BCUT2D eigenvalue weighted by Gasteiger charge is 2.37. The highest BCUT2D eigenvalue weighted by molar-refractivity contribution is 6.39. The van der Waals surface area contributed by atoms with Crippen LogP contribution in [0.4, 0.5) is 14.9 Å². The number of ether oxygens (including phenoxy) is 1. The fraction of sp³-hybridized carbons (Fsp3) is 0.107. The number of halogens is 1. The maximum absolute atomic E-state index is 13.3. The predicted molar refractivity (Wildman–Crippen MR) is 134 cm³/mol. The van der Waals surface area contributed by atoms with Crippen molar-refractivity contribution >= 4 is 40.5 Å². The van der Waals surface area contributed by atoms with Crippen LogP contribution in [0.2, 0.25) is 0 Å². The number of nitrogens with zero attached hydrogens (tertiary/aromatic N) is 2. The van der Waals surface area contributed by atoms with E-state index in [4.69, 9.17) is 4.74 Å². The number of imide groups is 2. The van der Waals surface area contributed by atoms with Gasteiger partial charge in [0.25, 0.3) is 11.8 Å². The standard InChI is InChI=1S/C28H22FN3O4/c1-18-5-4-6-22(15-18)36-14-13-31-17-19(23-7-2-3-8-25(23)31)16-24-26(33)30-28(35)32(27(24)34)21-11-9-20(29)10-12-21/h2-12,15-17H,13-14H2,1H3,(H,30,33,35). The van der Waals surface area contributed by atoms with E-state index in [9.17, 15) is 18.8 Å². The molecule has 0 radical (unpaired) electrons. The summed E-state index contributed by atoms with van der Waals surface area (Å²) in [6.07, 6.45) is 3.32. The van der Waals surface area contributed by atoms with Crippen LogP contribution in [0.1, 0.15) is 11.1 Å². The van der Waals surface area contributed by atoms with Gasteiger partial charge in [-0.2, -0.15) is 0 Å². The average molecular weight is 483 g/mol. The number of nitrogens with one attached hydrogen (secondary N) is 1. The van der Waals surface area contributed by atoms with Crippen molar-refractivity contribution in [1.82, 2.24) is 9.88 Å². The van der Waals surface area contributed by atoms with Gasteiger partial charge in [-0.1, -0.05) is 30.3 Å².